The predicted molar refractivity (Wildman–Crippen MR) is 99.0 cm³/mol. The van der Waals surface area contributed by atoms with Crippen molar-refractivity contribution in [1.29, 1.82) is 0 Å². The highest BCUT2D eigenvalue weighted by molar-refractivity contribution is 6.05. The zero-order valence-electron chi connectivity index (χ0n) is 15.2. The number of ether oxygens (including phenoxy) is 1. The molecular formula is C21H24N2O3. The summed E-state index contributed by atoms with van der Waals surface area (Å²) in [5.74, 6) is 0.0101. The molecule has 2 aliphatic rings. The zero-order valence-corrected chi connectivity index (χ0v) is 15.2. The van der Waals surface area contributed by atoms with Gasteiger partial charge in [0.1, 0.15) is 0 Å². The Morgan fingerprint density at radius 2 is 2.08 bits per heavy atom. The number of rotatable bonds is 3. The normalized spacial score (nSPS) is 19.4. The van der Waals surface area contributed by atoms with Crippen LogP contribution in [0.2, 0.25) is 0 Å². The van der Waals surface area contributed by atoms with Gasteiger partial charge in [-0.3, -0.25) is 9.78 Å². The molecule has 1 aromatic carbocycles. The SMILES string of the molecule is C[C@H]1CCCN(C(=O)COC(=O)c2c3c(nc4ccccc24)CCC3)C1. The molecule has 2 heterocycles. The molecule has 5 nitrogen and oxygen atoms in total. The molecule has 26 heavy (non-hydrogen) atoms. The van der Waals surface area contributed by atoms with E-state index in [9.17, 15) is 9.59 Å². The standard InChI is InChI=1S/C21H24N2O3/c1-14-6-5-11-23(12-14)19(24)13-26-21(25)20-15-7-2-3-9-17(15)22-18-10-4-8-16(18)20/h2-3,7,9,14H,4-6,8,10-13H2,1H3/t14-/m0/s1. The highest BCUT2D eigenvalue weighted by atomic mass is 16.5. The van der Waals surface area contributed by atoms with Crippen molar-refractivity contribution in [2.45, 2.75) is 39.0 Å². The van der Waals surface area contributed by atoms with Gasteiger partial charge in [-0.15, -0.1) is 0 Å². The van der Waals surface area contributed by atoms with Crippen molar-refractivity contribution in [3.63, 3.8) is 0 Å². The summed E-state index contributed by atoms with van der Waals surface area (Å²) < 4.78 is 5.45. The van der Waals surface area contributed by atoms with E-state index in [-0.39, 0.29) is 12.5 Å². The van der Waals surface area contributed by atoms with Gasteiger partial charge in [-0.25, -0.2) is 4.79 Å². The second-order valence-electron chi connectivity index (χ2n) is 7.45. The Hall–Kier alpha value is -2.43. The smallest absolute Gasteiger partial charge is 0.339 e. The van der Waals surface area contributed by atoms with E-state index in [2.05, 4.69) is 6.92 Å². The first-order chi connectivity index (χ1) is 12.6. The van der Waals surface area contributed by atoms with Gasteiger partial charge in [0.05, 0.1) is 11.1 Å². The number of aryl methyl sites for hydroxylation is 1. The molecule has 0 bridgehead atoms. The Kier molecular flexibility index (Phi) is 4.62. The number of fused-ring (bicyclic) bond motifs is 2. The minimum atomic E-state index is -0.403. The van der Waals surface area contributed by atoms with Crippen LogP contribution in [0.25, 0.3) is 10.9 Å². The third-order valence-electron chi connectivity index (χ3n) is 5.46. The Morgan fingerprint density at radius 1 is 1.23 bits per heavy atom. The molecule has 0 saturated carbocycles. The summed E-state index contributed by atoms with van der Waals surface area (Å²) in [6, 6.07) is 7.66. The first-order valence-electron chi connectivity index (χ1n) is 9.49. The molecular weight excluding hydrogens is 328 g/mol. The van der Waals surface area contributed by atoms with Crippen LogP contribution >= 0.6 is 0 Å². The minimum Gasteiger partial charge on any atom is -0.452 e. The molecule has 5 heteroatoms. The van der Waals surface area contributed by atoms with Crippen molar-refractivity contribution in [2.24, 2.45) is 5.92 Å². The summed E-state index contributed by atoms with van der Waals surface area (Å²) >= 11 is 0. The van der Waals surface area contributed by atoms with Crippen LogP contribution < -0.4 is 0 Å². The maximum Gasteiger partial charge on any atom is 0.339 e. The van der Waals surface area contributed by atoms with Crippen LogP contribution in [-0.2, 0) is 22.4 Å². The number of hydrogen-bond acceptors (Lipinski definition) is 4. The molecule has 1 saturated heterocycles. The lowest BCUT2D eigenvalue weighted by Crippen LogP contribution is -2.41. The number of esters is 1. The number of nitrogens with zero attached hydrogens (tertiary/aromatic N) is 2. The van der Waals surface area contributed by atoms with Crippen LogP contribution in [0.5, 0.6) is 0 Å². The molecule has 1 amide bonds. The van der Waals surface area contributed by atoms with E-state index in [1.807, 2.05) is 29.2 Å². The van der Waals surface area contributed by atoms with E-state index in [1.54, 1.807) is 0 Å². The molecule has 0 spiro atoms. The second kappa shape index (κ2) is 7.06. The van der Waals surface area contributed by atoms with Gasteiger partial charge >= 0.3 is 5.97 Å². The van der Waals surface area contributed by atoms with E-state index in [0.717, 1.165) is 67.4 Å². The molecule has 0 unspecified atom stereocenters. The summed E-state index contributed by atoms with van der Waals surface area (Å²) in [6.07, 6.45) is 4.91. The fourth-order valence-corrected chi connectivity index (χ4v) is 4.15. The van der Waals surface area contributed by atoms with Crippen LogP contribution in [0.4, 0.5) is 0 Å². The summed E-state index contributed by atoms with van der Waals surface area (Å²) in [5.41, 5.74) is 3.40. The molecule has 1 fully saturated rings. The second-order valence-corrected chi connectivity index (χ2v) is 7.45. The van der Waals surface area contributed by atoms with Crippen molar-refractivity contribution in [2.75, 3.05) is 19.7 Å². The molecule has 136 valence electrons. The van der Waals surface area contributed by atoms with Crippen LogP contribution in [-0.4, -0.2) is 41.5 Å². The summed E-state index contributed by atoms with van der Waals surface area (Å²) in [6.45, 7) is 3.48. The van der Waals surface area contributed by atoms with Crippen LogP contribution in [0.1, 0.15) is 47.8 Å². The van der Waals surface area contributed by atoms with E-state index in [0.29, 0.717) is 11.5 Å². The first kappa shape index (κ1) is 17.0. The lowest BCUT2D eigenvalue weighted by molar-refractivity contribution is -0.136. The van der Waals surface area contributed by atoms with Crippen LogP contribution in [0.3, 0.4) is 0 Å². The van der Waals surface area contributed by atoms with E-state index in [1.165, 1.54) is 0 Å². The Labute approximate surface area is 153 Å². The van der Waals surface area contributed by atoms with Gasteiger partial charge in [0.2, 0.25) is 0 Å². The fraction of sp³-hybridized carbons (Fsp3) is 0.476. The Morgan fingerprint density at radius 3 is 2.92 bits per heavy atom. The van der Waals surface area contributed by atoms with Gasteiger partial charge < -0.3 is 9.64 Å². The van der Waals surface area contributed by atoms with E-state index >= 15 is 0 Å². The topological polar surface area (TPSA) is 59.5 Å². The third kappa shape index (κ3) is 3.18. The van der Waals surface area contributed by atoms with Crippen LogP contribution in [0, 0.1) is 5.92 Å². The molecule has 4 rings (SSSR count). The number of hydrogen-bond donors (Lipinski definition) is 0. The lowest BCUT2D eigenvalue weighted by atomic mass is 10.0. The number of benzene rings is 1. The van der Waals surface area contributed by atoms with Crippen LogP contribution in [0.15, 0.2) is 24.3 Å². The quantitative estimate of drug-likeness (QED) is 0.796. The Bertz CT molecular complexity index is 862. The fourth-order valence-electron chi connectivity index (χ4n) is 4.15. The molecule has 2 aromatic rings. The number of para-hydroxylation sites is 1. The number of carbonyl (C=O) groups excluding carboxylic acids is 2. The van der Waals surface area contributed by atoms with Gasteiger partial charge in [-0.1, -0.05) is 25.1 Å². The largest absolute Gasteiger partial charge is 0.452 e. The molecule has 1 aromatic heterocycles. The van der Waals surface area contributed by atoms with Crippen molar-refractivity contribution < 1.29 is 14.3 Å². The molecule has 1 atom stereocenters. The zero-order chi connectivity index (χ0) is 18.1. The number of aromatic nitrogens is 1. The first-order valence-corrected chi connectivity index (χ1v) is 9.49. The highest BCUT2D eigenvalue weighted by Crippen LogP contribution is 2.30. The summed E-state index contributed by atoms with van der Waals surface area (Å²) in [7, 11) is 0. The minimum absolute atomic E-state index is 0.0973. The van der Waals surface area contributed by atoms with E-state index in [4.69, 9.17) is 9.72 Å². The number of carbonyl (C=O) groups is 2. The Balaban J connectivity index is 1.54. The van der Waals surface area contributed by atoms with Gasteiger partial charge in [-0.05, 0) is 49.7 Å². The number of piperidine rings is 1. The number of amides is 1. The van der Waals surface area contributed by atoms with Crippen molar-refractivity contribution in [3.05, 3.63) is 41.1 Å². The average molecular weight is 352 g/mol. The van der Waals surface area contributed by atoms with E-state index < -0.39 is 5.97 Å². The van der Waals surface area contributed by atoms with Gasteiger partial charge in [0.25, 0.3) is 5.91 Å². The molecule has 1 aliphatic carbocycles. The molecule has 0 radical (unpaired) electrons. The summed E-state index contributed by atoms with van der Waals surface area (Å²) in [5, 5.41) is 0.817. The maximum absolute atomic E-state index is 12.8. The van der Waals surface area contributed by atoms with Gasteiger partial charge in [0.15, 0.2) is 6.61 Å². The number of pyridine rings is 1. The third-order valence-corrected chi connectivity index (χ3v) is 5.46. The predicted octanol–water partition coefficient (Wildman–Crippen LogP) is 3.14. The monoisotopic (exact) mass is 352 g/mol. The summed E-state index contributed by atoms with van der Waals surface area (Å²) in [4.78, 5) is 31.8. The van der Waals surface area contributed by atoms with Crippen molar-refractivity contribution >= 4 is 22.8 Å². The molecule has 0 N–H and O–H groups in total. The highest BCUT2D eigenvalue weighted by Gasteiger charge is 2.26. The van der Waals surface area contributed by atoms with Gasteiger partial charge in [-0.2, -0.15) is 0 Å². The maximum atomic E-state index is 12.8. The lowest BCUT2D eigenvalue weighted by Gasteiger charge is -2.30. The molecule has 1 aliphatic heterocycles. The van der Waals surface area contributed by atoms with Crippen molar-refractivity contribution in [3.8, 4) is 0 Å². The van der Waals surface area contributed by atoms with Crippen molar-refractivity contribution in [1.82, 2.24) is 9.88 Å². The number of likely N-dealkylation sites (tertiary alicyclic amines) is 1. The average Bonchev–Trinajstić information content (AvgIpc) is 3.11. The van der Waals surface area contributed by atoms with Gasteiger partial charge in [0, 0.05) is 24.2 Å².